The average molecular weight is 500 g/mol. The van der Waals surface area contributed by atoms with Gasteiger partial charge in [-0.15, -0.1) is 0 Å². The first-order chi connectivity index (χ1) is 17.2. The van der Waals surface area contributed by atoms with Crippen LogP contribution in [0.5, 0.6) is 0 Å². The first-order valence-corrected chi connectivity index (χ1v) is 14.7. The van der Waals surface area contributed by atoms with Gasteiger partial charge in [0, 0.05) is 24.6 Å². The highest BCUT2D eigenvalue weighted by Crippen LogP contribution is 2.67. The van der Waals surface area contributed by atoms with E-state index in [-0.39, 0.29) is 12.0 Å². The van der Waals surface area contributed by atoms with Gasteiger partial charge in [0.05, 0.1) is 11.8 Å². The fraction of sp³-hybridized carbons (Fsp3) is 0.774. The van der Waals surface area contributed by atoms with Crippen molar-refractivity contribution in [3.05, 3.63) is 29.3 Å². The maximum atomic E-state index is 14.1. The highest BCUT2D eigenvalue weighted by Gasteiger charge is 2.59. The summed E-state index contributed by atoms with van der Waals surface area (Å²) >= 11 is 0. The van der Waals surface area contributed by atoms with Gasteiger partial charge in [0.1, 0.15) is 11.6 Å². The van der Waals surface area contributed by atoms with Crippen LogP contribution in [-0.2, 0) is 11.2 Å². The molecule has 4 aliphatic carbocycles. The number of anilines is 1. The van der Waals surface area contributed by atoms with Gasteiger partial charge in [-0.3, -0.25) is 4.79 Å². The minimum atomic E-state index is -0.612. The molecule has 1 aromatic carbocycles. The summed E-state index contributed by atoms with van der Waals surface area (Å²) in [5.74, 6) is 2.69. The Morgan fingerprint density at radius 1 is 1.03 bits per heavy atom. The molecule has 4 saturated carbocycles. The highest BCUT2D eigenvalue weighted by molar-refractivity contribution is 5.95. The standard InChI is InChI=1S/C31H43F2NO2/c1-30-14-11-26-23(8-6-20-16-22(35)10-13-31(20,26)2)25(30)9-7-19(30)4-3-5-29(36)34-15-12-24-27(33)17-21(32)18-28(24)34/h17-20,22-23,25-26,35H,3-16H2,1-2H3/t19-,20?,22+,23?,25?,26?,30?,31?/m0/s1. The predicted octanol–water partition coefficient (Wildman–Crippen LogP) is 7.04. The van der Waals surface area contributed by atoms with E-state index in [0.717, 1.165) is 49.5 Å². The van der Waals surface area contributed by atoms with Crippen LogP contribution >= 0.6 is 0 Å². The topological polar surface area (TPSA) is 40.5 Å². The lowest BCUT2D eigenvalue weighted by Gasteiger charge is -2.61. The molecule has 1 heterocycles. The van der Waals surface area contributed by atoms with E-state index in [4.69, 9.17) is 0 Å². The largest absolute Gasteiger partial charge is 0.393 e. The zero-order valence-corrected chi connectivity index (χ0v) is 22.1. The molecular formula is C31H43F2NO2. The molecule has 1 amide bonds. The Hall–Kier alpha value is -1.49. The summed E-state index contributed by atoms with van der Waals surface area (Å²) < 4.78 is 27.9. The van der Waals surface area contributed by atoms with Crippen molar-refractivity contribution in [3.8, 4) is 0 Å². The number of rotatable bonds is 4. The summed E-state index contributed by atoms with van der Waals surface area (Å²) in [6.07, 6.45) is 13.9. The number of nitrogens with zero attached hydrogens (tertiary/aromatic N) is 1. The van der Waals surface area contributed by atoms with Gasteiger partial charge in [-0.1, -0.05) is 13.8 Å². The molecule has 0 radical (unpaired) electrons. The number of fused-ring (bicyclic) bond motifs is 6. The first kappa shape index (κ1) is 24.8. The predicted molar refractivity (Wildman–Crippen MR) is 137 cm³/mol. The van der Waals surface area contributed by atoms with Gasteiger partial charge in [-0.05, 0) is 124 Å². The minimum absolute atomic E-state index is 0.00731. The summed E-state index contributed by atoms with van der Waals surface area (Å²) in [6.45, 7) is 5.56. The minimum Gasteiger partial charge on any atom is -0.393 e. The van der Waals surface area contributed by atoms with E-state index < -0.39 is 11.6 Å². The molecule has 8 atom stereocenters. The Bertz CT molecular complexity index is 1030. The smallest absolute Gasteiger partial charge is 0.226 e. The van der Waals surface area contributed by atoms with Crippen LogP contribution < -0.4 is 4.90 Å². The molecule has 1 aliphatic heterocycles. The van der Waals surface area contributed by atoms with E-state index >= 15 is 0 Å². The lowest BCUT2D eigenvalue weighted by molar-refractivity contribution is -0.127. The summed E-state index contributed by atoms with van der Waals surface area (Å²) in [7, 11) is 0. The Labute approximate surface area is 215 Å². The molecule has 36 heavy (non-hydrogen) atoms. The van der Waals surface area contributed by atoms with E-state index in [9.17, 15) is 18.7 Å². The molecule has 1 aromatic rings. The number of carbonyl (C=O) groups is 1. The quantitative estimate of drug-likeness (QED) is 0.482. The molecule has 0 aromatic heterocycles. The summed E-state index contributed by atoms with van der Waals surface area (Å²) in [5.41, 5.74) is 1.71. The van der Waals surface area contributed by atoms with Gasteiger partial charge in [-0.25, -0.2) is 8.78 Å². The molecule has 4 fully saturated rings. The zero-order chi connectivity index (χ0) is 25.2. The average Bonchev–Trinajstić information content (AvgIpc) is 3.41. The van der Waals surface area contributed by atoms with Gasteiger partial charge < -0.3 is 10.0 Å². The third-order valence-corrected chi connectivity index (χ3v) is 12.1. The maximum absolute atomic E-state index is 14.1. The molecule has 3 nitrogen and oxygen atoms in total. The number of aliphatic hydroxyl groups is 1. The number of aliphatic hydroxyl groups excluding tert-OH is 1. The van der Waals surface area contributed by atoms with Gasteiger partial charge in [0.25, 0.3) is 0 Å². The van der Waals surface area contributed by atoms with Gasteiger partial charge in [-0.2, -0.15) is 0 Å². The van der Waals surface area contributed by atoms with Gasteiger partial charge in [0.2, 0.25) is 5.91 Å². The van der Waals surface area contributed by atoms with Crippen LogP contribution in [0.15, 0.2) is 12.1 Å². The summed E-state index contributed by atoms with van der Waals surface area (Å²) in [5, 5.41) is 10.3. The van der Waals surface area contributed by atoms with Crippen LogP contribution in [0.2, 0.25) is 0 Å². The maximum Gasteiger partial charge on any atom is 0.226 e. The number of hydrogen-bond donors (Lipinski definition) is 1. The van der Waals surface area contributed by atoms with E-state index in [1.54, 1.807) is 4.90 Å². The van der Waals surface area contributed by atoms with Crippen LogP contribution in [-0.4, -0.2) is 23.7 Å². The number of carbonyl (C=O) groups excluding carboxylic acids is 1. The molecule has 0 bridgehead atoms. The monoisotopic (exact) mass is 499 g/mol. The third-order valence-electron chi connectivity index (χ3n) is 12.1. The van der Waals surface area contributed by atoms with Crippen LogP contribution in [0, 0.1) is 52.1 Å². The van der Waals surface area contributed by atoms with Crippen molar-refractivity contribution in [1.29, 1.82) is 0 Å². The molecule has 0 spiro atoms. The van der Waals surface area contributed by atoms with Crippen molar-refractivity contribution < 1.29 is 18.7 Å². The van der Waals surface area contributed by atoms with Crippen LogP contribution in [0.3, 0.4) is 0 Å². The number of hydrogen-bond acceptors (Lipinski definition) is 2. The number of benzene rings is 1. The summed E-state index contributed by atoms with van der Waals surface area (Å²) in [6, 6.07) is 2.23. The molecule has 1 N–H and O–H groups in total. The Morgan fingerprint density at radius 2 is 1.81 bits per heavy atom. The SMILES string of the molecule is CC12CC[C@@H](O)CC1CCC1C2CCC2(C)C1CC[C@@H]2CCCC(=O)N1CCc2c(F)cc(F)cc21. The molecule has 198 valence electrons. The molecule has 5 heteroatoms. The fourth-order valence-electron chi connectivity index (χ4n) is 10.1. The van der Waals surface area contributed by atoms with Crippen molar-refractivity contribution in [3.63, 3.8) is 0 Å². The molecule has 5 aliphatic rings. The normalized spacial score (nSPS) is 41.4. The van der Waals surface area contributed by atoms with E-state index in [0.29, 0.717) is 53.3 Å². The third kappa shape index (κ3) is 3.85. The van der Waals surface area contributed by atoms with Crippen molar-refractivity contribution in [1.82, 2.24) is 0 Å². The highest BCUT2D eigenvalue weighted by atomic mass is 19.1. The second kappa shape index (κ2) is 9.06. The van der Waals surface area contributed by atoms with Gasteiger partial charge in [0.15, 0.2) is 0 Å². The van der Waals surface area contributed by atoms with Crippen LogP contribution in [0.25, 0.3) is 0 Å². The van der Waals surface area contributed by atoms with Crippen LogP contribution in [0.1, 0.15) is 96.5 Å². The lowest BCUT2D eigenvalue weighted by atomic mass is 9.44. The van der Waals surface area contributed by atoms with E-state index in [1.165, 1.54) is 51.0 Å². The van der Waals surface area contributed by atoms with Crippen molar-refractivity contribution in [2.24, 2.45) is 40.4 Å². The number of amides is 1. The van der Waals surface area contributed by atoms with E-state index in [2.05, 4.69) is 13.8 Å². The van der Waals surface area contributed by atoms with Crippen molar-refractivity contribution >= 4 is 11.6 Å². The molecule has 6 unspecified atom stereocenters. The molecule has 6 rings (SSSR count). The fourth-order valence-corrected chi connectivity index (χ4v) is 10.1. The lowest BCUT2D eigenvalue weighted by Crippen LogP contribution is -2.53. The van der Waals surface area contributed by atoms with Crippen molar-refractivity contribution in [2.45, 2.75) is 103 Å². The summed E-state index contributed by atoms with van der Waals surface area (Å²) in [4.78, 5) is 14.6. The zero-order valence-electron chi connectivity index (χ0n) is 22.1. The molecular weight excluding hydrogens is 456 g/mol. The molecule has 0 saturated heterocycles. The van der Waals surface area contributed by atoms with Crippen molar-refractivity contribution in [2.75, 3.05) is 11.4 Å². The first-order valence-electron chi connectivity index (χ1n) is 14.7. The van der Waals surface area contributed by atoms with E-state index in [1.807, 2.05) is 0 Å². The second-order valence-corrected chi connectivity index (χ2v) is 13.5. The Morgan fingerprint density at radius 3 is 2.64 bits per heavy atom. The Kier molecular flexibility index (Phi) is 6.25. The number of halogens is 2. The van der Waals surface area contributed by atoms with Gasteiger partial charge >= 0.3 is 0 Å². The Balaban J connectivity index is 1.08. The van der Waals surface area contributed by atoms with Crippen LogP contribution in [0.4, 0.5) is 14.5 Å². The second-order valence-electron chi connectivity index (χ2n) is 13.5.